The fraction of sp³-hybridized carbons (Fsp3) is 0.375. The van der Waals surface area contributed by atoms with Crippen molar-refractivity contribution >= 4 is 18.0 Å². The summed E-state index contributed by atoms with van der Waals surface area (Å²) < 4.78 is 5.15. The number of imide groups is 1. The van der Waals surface area contributed by atoms with Crippen molar-refractivity contribution in [1.82, 2.24) is 9.96 Å². The number of amides is 2. The monoisotopic (exact) mass is 424 g/mol. The van der Waals surface area contributed by atoms with Crippen molar-refractivity contribution in [1.29, 1.82) is 0 Å². The van der Waals surface area contributed by atoms with Gasteiger partial charge in [-0.1, -0.05) is 69.3 Å². The van der Waals surface area contributed by atoms with E-state index >= 15 is 0 Å². The van der Waals surface area contributed by atoms with E-state index in [2.05, 4.69) is 0 Å². The molecule has 164 valence electrons. The first kappa shape index (κ1) is 22.5. The zero-order chi connectivity index (χ0) is 22.5. The summed E-state index contributed by atoms with van der Waals surface area (Å²) in [5, 5.41) is 1.39. The molecule has 1 aliphatic rings. The van der Waals surface area contributed by atoms with Crippen LogP contribution in [0.25, 0.3) is 0 Å². The van der Waals surface area contributed by atoms with Crippen molar-refractivity contribution in [3.63, 3.8) is 0 Å². The van der Waals surface area contributed by atoms with Crippen molar-refractivity contribution in [3.8, 4) is 0 Å². The third-order valence-corrected chi connectivity index (χ3v) is 5.55. The van der Waals surface area contributed by atoms with E-state index in [-0.39, 0.29) is 24.5 Å². The van der Waals surface area contributed by atoms with Crippen LogP contribution in [0.15, 0.2) is 60.7 Å². The molecule has 7 nitrogen and oxygen atoms in total. The fourth-order valence-corrected chi connectivity index (χ4v) is 3.81. The van der Waals surface area contributed by atoms with Gasteiger partial charge < -0.3 is 9.57 Å². The number of cyclic esters (lactones) is 1. The lowest BCUT2D eigenvalue weighted by atomic mass is 9.92. The molecular weight excluding hydrogens is 396 g/mol. The van der Waals surface area contributed by atoms with Crippen molar-refractivity contribution in [2.45, 2.75) is 32.9 Å². The summed E-state index contributed by atoms with van der Waals surface area (Å²) in [5.74, 6) is -1.50. The number of carbonyl (C=O) groups excluding carboxylic acids is 3. The lowest BCUT2D eigenvalue weighted by Gasteiger charge is -2.33. The zero-order valence-electron chi connectivity index (χ0n) is 18.2. The molecule has 1 saturated heterocycles. The Hall–Kier alpha value is -3.19. The van der Waals surface area contributed by atoms with Crippen LogP contribution in [0.4, 0.5) is 4.79 Å². The Kier molecular flexibility index (Phi) is 7.07. The molecule has 0 N–H and O–H groups in total. The van der Waals surface area contributed by atoms with Crippen molar-refractivity contribution in [2.75, 3.05) is 13.7 Å². The van der Waals surface area contributed by atoms with Crippen molar-refractivity contribution in [2.24, 2.45) is 11.8 Å². The van der Waals surface area contributed by atoms with Gasteiger partial charge in [0.2, 0.25) is 5.91 Å². The van der Waals surface area contributed by atoms with E-state index in [1.807, 2.05) is 50.2 Å². The normalized spacial score (nSPS) is 18.1. The van der Waals surface area contributed by atoms with Gasteiger partial charge in [-0.25, -0.2) is 14.5 Å². The van der Waals surface area contributed by atoms with Crippen LogP contribution in [0.5, 0.6) is 0 Å². The molecule has 0 aromatic heterocycles. The minimum Gasteiger partial charge on any atom is -0.447 e. The molecule has 1 heterocycles. The van der Waals surface area contributed by atoms with Gasteiger partial charge in [0.1, 0.15) is 6.61 Å². The highest BCUT2D eigenvalue weighted by atomic mass is 16.7. The molecule has 31 heavy (non-hydrogen) atoms. The summed E-state index contributed by atoms with van der Waals surface area (Å²) >= 11 is 0. The second kappa shape index (κ2) is 9.75. The van der Waals surface area contributed by atoms with Gasteiger partial charge in [0.05, 0.1) is 23.6 Å². The van der Waals surface area contributed by atoms with Crippen LogP contribution in [0.3, 0.4) is 0 Å². The third-order valence-electron chi connectivity index (χ3n) is 5.55. The van der Waals surface area contributed by atoms with Gasteiger partial charge in [0, 0.05) is 7.05 Å². The number of hydroxylamine groups is 2. The highest BCUT2D eigenvalue weighted by Crippen LogP contribution is 2.32. The van der Waals surface area contributed by atoms with Gasteiger partial charge in [0.15, 0.2) is 0 Å². The Morgan fingerprint density at radius 3 is 2.19 bits per heavy atom. The maximum atomic E-state index is 13.4. The first-order valence-electron chi connectivity index (χ1n) is 10.4. The minimum atomic E-state index is -0.678. The Bertz CT molecular complexity index is 916. The quantitative estimate of drug-likeness (QED) is 0.624. The average molecular weight is 424 g/mol. The Labute approximate surface area is 182 Å². The molecule has 0 spiro atoms. The molecule has 0 bridgehead atoms. The first-order chi connectivity index (χ1) is 14.8. The highest BCUT2D eigenvalue weighted by molar-refractivity contribution is 5.95. The fourth-order valence-electron chi connectivity index (χ4n) is 3.81. The minimum absolute atomic E-state index is 0.0615. The van der Waals surface area contributed by atoms with Crippen LogP contribution in [-0.2, 0) is 14.4 Å². The van der Waals surface area contributed by atoms with Crippen molar-refractivity contribution < 1.29 is 24.0 Å². The van der Waals surface area contributed by atoms with Crippen LogP contribution in [-0.4, -0.2) is 47.6 Å². The molecule has 3 atom stereocenters. The number of ether oxygens (including phenoxy) is 1. The van der Waals surface area contributed by atoms with E-state index in [0.29, 0.717) is 5.56 Å². The second-order valence-electron chi connectivity index (χ2n) is 8.03. The molecule has 2 aromatic rings. The maximum Gasteiger partial charge on any atom is 0.416 e. The summed E-state index contributed by atoms with van der Waals surface area (Å²) in [6, 6.07) is 17.0. The van der Waals surface area contributed by atoms with Crippen LogP contribution in [0.1, 0.15) is 42.7 Å². The smallest absolute Gasteiger partial charge is 0.416 e. The average Bonchev–Trinajstić information content (AvgIpc) is 3.16. The van der Waals surface area contributed by atoms with Gasteiger partial charge in [-0.05, 0) is 23.6 Å². The Morgan fingerprint density at radius 1 is 1.03 bits per heavy atom. The van der Waals surface area contributed by atoms with Crippen LogP contribution in [0.2, 0.25) is 0 Å². The van der Waals surface area contributed by atoms with E-state index in [9.17, 15) is 14.4 Å². The van der Waals surface area contributed by atoms with E-state index in [4.69, 9.17) is 9.57 Å². The van der Waals surface area contributed by atoms with Crippen LogP contribution < -0.4 is 0 Å². The van der Waals surface area contributed by atoms with Gasteiger partial charge >= 0.3 is 12.1 Å². The first-order valence-corrected chi connectivity index (χ1v) is 10.4. The van der Waals surface area contributed by atoms with Gasteiger partial charge in [0.25, 0.3) is 0 Å². The molecule has 0 radical (unpaired) electrons. The van der Waals surface area contributed by atoms with Crippen LogP contribution >= 0.6 is 0 Å². The standard InChI is InChI=1S/C24H28N2O5/c1-16(2)20-15-30-24(29)26(20)22(27)17(3)21(18-11-7-5-8-12-18)25(4)31-23(28)19-13-9-6-10-14-19/h5-14,16-17,20-21H,15H2,1-4H3/t17-,20+,21+/m0/s1. The molecule has 0 saturated carbocycles. The maximum absolute atomic E-state index is 13.4. The van der Waals surface area contributed by atoms with E-state index in [0.717, 1.165) is 5.56 Å². The topological polar surface area (TPSA) is 76.2 Å². The molecule has 1 fully saturated rings. The third kappa shape index (κ3) is 4.94. The van der Waals surface area contributed by atoms with Gasteiger partial charge in [-0.2, -0.15) is 0 Å². The molecular formula is C24H28N2O5. The number of nitrogens with zero attached hydrogens (tertiary/aromatic N) is 2. The molecule has 3 rings (SSSR count). The summed E-state index contributed by atoms with van der Waals surface area (Å²) in [6.07, 6.45) is -0.633. The largest absolute Gasteiger partial charge is 0.447 e. The number of carbonyl (C=O) groups is 3. The zero-order valence-corrected chi connectivity index (χ0v) is 18.2. The Morgan fingerprint density at radius 2 is 1.61 bits per heavy atom. The lowest BCUT2D eigenvalue weighted by Crippen LogP contribution is -2.47. The summed E-state index contributed by atoms with van der Waals surface area (Å²) in [4.78, 5) is 45.1. The van der Waals surface area contributed by atoms with Gasteiger partial charge in [-0.15, -0.1) is 5.06 Å². The highest BCUT2D eigenvalue weighted by Gasteiger charge is 2.44. The molecule has 0 unspecified atom stereocenters. The Balaban J connectivity index is 1.87. The second-order valence-corrected chi connectivity index (χ2v) is 8.03. The number of benzene rings is 2. The molecule has 1 aliphatic heterocycles. The predicted molar refractivity (Wildman–Crippen MR) is 115 cm³/mol. The summed E-state index contributed by atoms with van der Waals surface area (Å²) in [7, 11) is 1.62. The SMILES string of the molecule is CC(C)[C@H]1COC(=O)N1C(=O)[C@@H](C)[C@H](c1ccccc1)N(C)OC(=O)c1ccccc1. The number of hydrogen-bond acceptors (Lipinski definition) is 6. The van der Waals surface area contributed by atoms with E-state index in [1.165, 1.54) is 9.96 Å². The lowest BCUT2D eigenvalue weighted by molar-refractivity contribution is -0.153. The van der Waals surface area contributed by atoms with Crippen molar-refractivity contribution in [3.05, 3.63) is 71.8 Å². The van der Waals surface area contributed by atoms with E-state index in [1.54, 1.807) is 38.2 Å². The number of rotatable bonds is 7. The van der Waals surface area contributed by atoms with Gasteiger partial charge in [-0.3, -0.25) is 4.79 Å². The molecule has 2 aromatic carbocycles. The van der Waals surface area contributed by atoms with Crippen LogP contribution in [0, 0.1) is 11.8 Å². The summed E-state index contributed by atoms with van der Waals surface area (Å²) in [5.41, 5.74) is 1.20. The molecule has 0 aliphatic carbocycles. The molecule has 2 amide bonds. The molecule has 7 heteroatoms. The predicted octanol–water partition coefficient (Wildman–Crippen LogP) is 4.07. The number of hydrogen-bond donors (Lipinski definition) is 0. The summed E-state index contributed by atoms with van der Waals surface area (Å²) in [6.45, 7) is 5.81. The van der Waals surface area contributed by atoms with E-state index < -0.39 is 24.0 Å².